The predicted octanol–water partition coefficient (Wildman–Crippen LogP) is 4.72. The first kappa shape index (κ1) is 20.7. The number of carbonyl (C=O) groups excluding carboxylic acids is 2. The van der Waals surface area contributed by atoms with Crippen molar-refractivity contribution < 1.29 is 28.2 Å². The van der Waals surface area contributed by atoms with Crippen molar-refractivity contribution in [3.63, 3.8) is 0 Å². The molecular weight excluding hydrogens is 327 g/mol. The SMILES string of the molecule is C=C(C(=O)OC(C)(C)C)C(OC(=O)OC(C)(C)C)c1ccccc1F. The van der Waals surface area contributed by atoms with Crippen LogP contribution in [0.2, 0.25) is 0 Å². The molecule has 1 rings (SSSR count). The van der Waals surface area contributed by atoms with Gasteiger partial charge in [-0.25, -0.2) is 14.0 Å². The van der Waals surface area contributed by atoms with E-state index in [4.69, 9.17) is 14.2 Å². The molecule has 0 saturated carbocycles. The lowest BCUT2D eigenvalue weighted by Crippen LogP contribution is -2.30. The molecule has 0 saturated heterocycles. The van der Waals surface area contributed by atoms with Crippen LogP contribution in [0.5, 0.6) is 0 Å². The third-order valence-electron chi connectivity index (χ3n) is 2.77. The monoisotopic (exact) mass is 352 g/mol. The summed E-state index contributed by atoms with van der Waals surface area (Å²) >= 11 is 0. The van der Waals surface area contributed by atoms with Gasteiger partial charge in [-0.1, -0.05) is 24.8 Å². The molecule has 0 heterocycles. The lowest BCUT2D eigenvalue weighted by molar-refractivity contribution is -0.151. The highest BCUT2D eigenvalue weighted by atomic mass is 19.1. The lowest BCUT2D eigenvalue weighted by atomic mass is 10.0. The van der Waals surface area contributed by atoms with Gasteiger partial charge >= 0.3 is 12.1 Å². The van der Waals surface area contributed by atoms with Gasteiger partial charge in [-0.3, -0.25) is 0 Å². The van der Waals surface area contributed by atoms with E-state index >= 15 is 0 Å². The average Bonchev–Trinajstić information content (AvgIpc) is 2.41. The zero-order valence-electron chi connectivity index (χ0n) is 15.5. The average molecular weight is 352 g/mol. The fraction of sp³-hybridized carbons (Fsp3) is 0.474. The second kappa shape index (κ2) is 7.68. The number of halogens is 1. The topological polar surface area (TPSA) is 61.8 Å². The molecule has 0 spiro atoms. The first-order valence-electron chi connectivity index (χ1n) is 7.86. The quantitative estimate of drug-likeness (QED) is 0.580. The summed E-state index contributed by atoms with van der Waals surface area (Å²) in [5, 5.41) is 0. The Bertz CT molecular complexity index is 653. The zero-order chi connectivity index (χ0) is 19.4. The normalized spacial score (nSPS) is 12.9. The van der Waals surface area contributed by atoms with Crippen LogP contribution in [-0.2, 0) is 19.0 Å². The molecule has 0 fully saturated rings. The van der Waals surface area contributed by atoms with Crippen molar-refractivity contribution in [2.45, 2.75) is 58.8 Å². The van der Waals surface area contributed by atoms with Gasteiger partial charge < -0.3 is 14.2 Å². The minimum atomic E-state index is -1.36. The Hall–Kier alpha value is -2.37. The van der Waals surface area contributed by atoms with E-state index in [0.29, 0.717) is 0 Å². The molecule has 6 heteroatoms. The Kier molecular flexibility index (Phi) is 6.35. The van der Waals surface area contributed by atoms with Crippen molar-refractivity contribution in [1.29, 1.82) is 0 Å². The highest BCUT2D eigenvalue weighted by molar-refractivity contribution is 5.89. The Labute approximate surface area is 147 Å². The van der Waals surface area contributed by atoms with Crippen LogP contribution in [0.3, 0.4) is 0 Å². The van der Waals surface area contributed by atoms with Crippen molar-refractivity contribution in [3.05, 3.63) is 47.8 Å². The van der Waals surface area contributed by atoms with E-state index in [1.54, 1.807) is 47.6 Å². The molecule has 1 aromatic carbocycles. The van der Waals surface area contributed by atoms with Crippen LogP contribution in [0, 0.1) is 5.82 Å². The standard InChI is InChI=1S/C19H25FO5/c1-12(16(21)24-18(2,3)4)15(13-10-8-9-11-14(13)20)23-17(22)25-19(5,6)7/h8-11,15H,1H2,2-7H3. The van der Waals surface area contributed by atoms with Crippen molar-refractivity contribution >= 4 is 12.1 Å². The highest BCUT2D eigenvalue weighted by Crippen LogP contribution is 2.30. The second-order valence-electron chi connectivity index (χ2n) is 7.51. The number of rotatable bonds is 4. The van der Waals surface area contributed by atoms with Crippen LogP contribution in [0.15, 0.2) is 36.4 Å². The number of benzene rings is 1. The number of hydrogen-bond donors (Lipinski definition) is 0. The summed E-state index contributed by atoms with van der Waals surface area (Å²) in [6, 6.07) is 5.65. The number of hydrogen-bond acceptors (Lipinski definition) is 5. The third kappa shape index (κ3) is 6.95. The van der Waals surface area contributed by atoms with E-state index in [9.17, 15) is 14.0 Å². The molecular formula is C19H25FO5. The van der Waals surface area contributed by atoms with Crippen LogP contribution in [-0.4, -0.2) is 23.3 Å². The third-order valence-corrected chi connectivity index (χ3v) is 2.77. The minimum absolute atomic E-state index is 0.00998. The molecule has 0 bridgehead atoms. The lowest BCUT2D eigenvalue weighted by Gasteiger charge is -2.26. The molecule has 1 unspecified atom stereocenters. The number of carbonyl (C=O) groups is 2. The van der Waals surface area contributed by atoms with E-state index in [-0.39, 0.29) is 11.1 Å². The van der Waals surface area contributed by atoms with Crippen molar-refractivity contribution in [2.75, 3.05) is 0 Å². The smallest absolute Gasteiger partial charge is 0.457 e. The molecule has 0 aliphatic carbocycles. The molecule has 0 aliphatic rings. The first-order chi connectivity index (χ1) is 11.3. The maximum absolute atomic E-state index is 14.2. The van der Waals surface area contributed by atoms with Crippen molar-refractivity contribution in [3.8, 4) is 0 Å². The Morgan fingerprint density at radius 1 is 1.00 bits per heavy atom. The second-order valence-corrected chi connectivity index (χ2v) is 7.51. The van der Waals surface area contributed by atoms with E-state index in [2.05, 4.69) is 6.58 Å². The number of ether oxygens (including phenoxy) is 3. The summed E-state index contributed by atoms with van der Waals surface area (Å²) in [4.78, 5) is 24.3. The van der Waals surface area contributed by atoms with E-state index in [1.807, 2.05) is 0 Å². The summed E-state index contributed by atoms with van der Waals surface area (Å²) in [5.74, 6) is -1.43. The fourth-order valence-corrected chi connectivity index (χ4v) is 1.83. The predicted molar refractivity (Wildman–Crippen MR) is 91.4 cm³/mol. The summed E-state index contributed by atoms with van der Waals surface area (Å²) in [7, 11) is 0. The highest BCUT2D eigenvalue weighted by Gasteiger charge is 2.32. The Morgan fingerprint density at radius 2 is 1.52 bits per heavy atom. The van der Waals surface area contributed by atoms with Crippen LogP contribution in [0.4, 0.5) is 9.18 Å². The summed E-state index contributed by atoms with van der Waals surface area (Å²) < 4.78 is 29.7. The molecule has 138 valence electrons. The maximum Gasteiger partial charge on any atom is 0.509 e. The Balaban J connectivity index is 3.12. The van der Waals surface area contributed by atoms with Gasteiger partial charge in [0.05, 0.1) is 5.57 Å². The zero-order valence-corrected chi connectivity index (χ0v) is 15.5. The number of esters is 1. The molecule has 25 heavy (non-hydrogen) atoms. The van der Waals surface area contributed by atoms with Gasteiger partial charge in [-0.15, -0.1) is 0 Å². The summed E-state index contributed by atoms with van der Waals surface area (Å²) in [6.45, 7) is 13.7. The largest absolute Gasteiger partial charge is 0.509 e. The van der Waals surface area contributed by atoms with Crippen molar-refractivity contribution in [2.24, 2.45) is 0 Å². The van der Waals surface area contributed by atoms with Crippen LogP contribution >= 0.6 is 0 Å². The van der Waals surface area contributed by atoms with Gasteiger partial charge in [0.2, 0.25) is 0 Å². The van der Waals surface area contributed by atoms with Gasteiger partial charge in [0.1, 0.15) is 17.0 Å². The minimum Gasteiger partial charge on any atom is -0.457 e. The molecule has 0 radical (unpaired) electrons. The van der Waals surface area contributed by atoms with Gasteiger partial charge in [0.15, 0.2) is 6.10 Å². The molecule has 0 N–H and O–H groups in total. The fourth-order valence-electron chi connectivity index (χ4n) is 1.83. The van der Waals surface area contributed by atoms with E-state index < -0.39 is 35.2 Å². The molecule has 5 nitrogen and oxygen atoms in total. The van der Waals surface area contributed by atoms with Gasteiger partial charge in [-0.2, -0.15) is 0 Å². The molecule has 0 aliphatic heterocycles. The Morgan fingerprint density at radius 3 is 2.00 bits per heavy atom. The summed E-state index contributed by atoms with van der Waals surface area (Å²) in [6.07, 6.45) is -2.39. The van der Waals surface area contributed by atoms with Crippen LogP contribution < -0.4 is 0 Å². The summed E-state index contributed by atoms with van der Waals surface area (Å²) in [5.41, 5.74) is -1.79. The molecule has 1 atom stereocenters. The van der Waals surface area contributed by atoms with E-state index in [1.165, 1.54) is 18.2 Å². The van der Waals surface area contributed by atoms with Crippen LogP contribution in [0.25, 0.3) is 0 Å². The van der Waals surface area contributed by atoms with Gasteiger partial charge in [0.25, 0.3) is 0 Å². The molecule has 1 aromatic rings. The van der Waals surface area contributed by atoms with Gasteiger partial charge in [-0.05, 0) is 47.6 Å². The van der Waals surface area contributed by atoms with Gasteiger partial charge in [0, 0.05) is 5.56 Å². The van der Waals surface area contributed by atoms with Crippen LogP contribution in [0.1, 0.15) is 53.2 Å². The van der Waals surface area contributed by atoms with E-state index in [0.717, 1.165) is 0 Å². The maximum atomic E-state index is 14.2. The molecule has 0 aromatic heterocycles. The first-order valence-corrected chi connectivity index (χ1v) is 7.86. The van der Waals surface area contributed by atoms with Crippen molar-refractivity contribution in [1.82, 2.24) is 0 Å². The molecule has 0 amide bonds.